The second-order valence-corrected chi connectivity index (χ2v) is 3.89. The lowest BCUT2D eigenvalue weighted by Gasteiger charge is -2.05. The van der Waals surface area contributed by atoms with Gasteiger partial charge in [-0.05, 0) is 13.0 Å². The molecule has 2 aromatic heterocycles. The average Bonchev–Trinajstić information content (AvgIpc) is 2.75. The Morgan fingerprint density at radius 2 is 2.06 bits per heavy atom. The zero-order valence-electron chi connectivity index (χ0n) is 9.68. The molecule has 0 atom stereocenters. The summed E-state index contributed by atoms with van der Waals surface area (Å²) in [5, 5.41) is 13.1. The van der Waals surface area contributed by atoms with Gasteiger partial charge < -0.3 is 5.11 Å². The summed E-state index contributed by atoms with van der Waals surface area (Å²) in [6.45, 7) is 1.93. The molecule has 0 aliphatic rings. The van der Waals surface area contributed by atoms with Crippen LogP contribution in [0.25, 0.3) is 10.9 Å². The molecule has 0 saturated carbocycles. The number of para-hydroxylation sites is 1. The Kier molecular flexibility index (Phi) is 2.33. The van der Waals surface area contributed by atoms with E-state index in [2.05, 4.69) is 25.3 Å². The number of fused-ring (bicyclic) bond motifs is 1. The van der Waals surface area contributed by atoms with Crippen LogP contribution in [0.4, 0.5) is 11.9 Å². The van der Waals surface area contributed by atoms with Crippen molar-refractivity contribution in [3.63, 3.8) is 0 Å². The van der Waals surface area contributed by atoms with Crippen LogP contribution in [0.5, 0.6) is 5.88 Å². The molecular weight excluding hydrogens is 230 g/mol. The number of benzene rings is 1. The fraction of sp³-hybridized carbons (Fsp3) is 0.0833. The highest BCUT2D eigenvalue weighted by Gasteiger charge is 2.05. The molecule has 18 heavy (non-hydrogen) atoms. The molecule has 3 N–H and O–H groups in total. The number of aryl methyl sites for hydroxylation is 1. The van der Waals surface area contributed by atoms with Gasteiger partial charge in [-0.15, -0.1) is 0 Å². The molecule has 0 spiro atoms. The molecule has 90 valence electrons. The summed E-state index contributed by atoms with van der Waals surface area (Å²) in [4.78, 5) is 15.3. The third-order valence-corrected chi connectivity index (χ3v) is 2.59. The van der Waals surface area contributed by atoms with Gasteiger partial charge in [0, 0.05) is 5.39 Å². The number of nitrogens with one attached hydrogen (secondary N) is 2. The summed E-state index contributed by atoms with van der Waals surface area (Å²) >= 11 is 0. The lowest BCUT2D eigenvalue weighted by atomic mass is 10.2. The number of aromatic nitrogens is 4. The summed E-state index contributed by atoms with van der Waals surface area (Å²) in [5.41, 5.74) is 1.75. The third kappa shape index (κ3) is 1.84. The first-order valence-electron chi connectivity index (χ1n) is 5.47. The largest absolute Gasteiger partial charge is 0.493 e. The fourth-order valence-electron chi connectivity index (χ4n) is 1.77. The Morgan fingerprint density at radius 1 is 1.22 bits per heavy atom. The molecule has 2 heterocycles. The number of hydrogen-bond donors (Lipinski definition) is 3. The van der Waals surface area contributed by atoms with Gasteiger partial charge in [-0.3, -0.25) is 10.3 Å². The SMILES string of the molecule is Cc1nc(Nc2ncc(O)[nH]2)nc2ccccc12. The van der Waals surface area contributed by atoms with Crippen molar-refractivity contribution in [3.05, 3.63) is 36.2 Å². The van der Waals surface area contributed by atoms with Crippen LogP contribution in [0.2, 0.25) is 0 Å². The molecule has 0 saturated heterocycles. The van der Waals surface area contributed by atoms with E-state index in [4.69, 9.17) is 5.11 Å². The van der Waals surface area contributed by atoms with Gasteiger partial charge in [-0.1, -0.05) is 18.2 Å². The van der Waals surface area contributed by atoms with Crippen LogP contribution in [0, 0.1) is 6.92 Å². The van der Waals surface area contributed by atoms with Crippen molar-refractivity contribution in [2.45, 2.75) is 6.92 Å². The highest BCUT2D eigenvalue weighted by atomic mass is 16.3. The smallest absolute Gasteiger partial charge is 0.230 e. The van der Waals surface area contributed by atoms with Gasteiger partial charge >= 0.3 is 0 Å². The van der Waals surface area contributed by atoms with Crippen molar-refractivity contribution in [1.82, 2.24) is 19.9 Å². The summed E-state index contributed by atoms with van der Waals surface area (Å²) in [6, 6.07) is 7.79. The summed E-state index contributed by atoms with van der Waals surface area (Å²) in [6.07, 6.45) is 1.32. The molecule has 0 radical (unpaired) electrons. The van der Waals surface area contributed by atoms with E-state index in [0.29, 0.717) is 11.9 Å². The van der Waals surface area contributed by atoms with Crippen molar-refractivity contribution < 1.29 is 5.11 Å². The number of imidazole rings is 1. The van der Waals surface area contributed by atoms with Crippen molar-refractivity contribution in [2.75, 3.05) is 5.32 Å². The minimum absolute atomic E-state index is 0.00462. The topological polar surface area (TPSA) is 86.7 Å². The number of hydrogen-bond acceptors (Lipinski definition) is 5. The highest BCUT2D eigenvalue weighted by Crippen LogP contribution is 2.18. The Labute approximate surface area is 103 Å². The lowest BCUT2D eigenvalue weighted by molar-refractivity contribution is 0.457. The number of aromatic hydroxyl groups is 1. The second kappa shape index (κ2) is 3.99. The maximum Gasteiger partial charge on any atom is 0.230 e. The van der Waals surface area contributed by atoms with Crippen LogP contribution in [-0.4, -0.2) is 25.0 Å². The van der Waals surface area contributed by atoms with E-state index >= 15 is 0 Å². The quantitative estimate of drug-likeness (QED) is 0.639. The monoisotopic (exact) mass is 241 g/mol. The van der Waals surface area contributed by atoms with Crippen molar-refractivity contribution in [2.24, 2.45) is 0 Å². The Morgan fingerprint density at radius 3 is 2.83 bits per heavy atom. The molecule has 0 bridgehead atoms. The number of rotatable bonds is 2. The molecule has 0 fully saturated rings. The Hall–Kier alpha value is -2.63. The van der Waals surface area contributed by atoms with Crippen LogP contribution in [0.15, 0.2) is 30.5 Å². The van der Waals surface area contributed by atoms with Gasteiger partial charge in [0.25, 0.3) is 0 Å². The minimum atomic E-state index is -0.00462. The molecule has 0 unspecified atom stereocenters. The van der Waals surface area contributed by atoms with Gasteiger partial charge in [0.1, 0.15) is 0 Å². The predicted molar refractivity (Wildman–Crippen MR) is 67.8 cm³/mol. The van der Waals surface area contributed by atoms with Crippen molar-refractivity contribution >= 4 is 22.8 Å². The number of anilines is 2. The number of nitrogens with zero attached hydrogens (tertiary/aromatic N) is 3. The molecule has 0 aliphatic carbocycles. The maximum atomic E-state index is 9.16. The molecule has 0 amide bonds. The summed E-state index contributed by atoms with van der Waals surface area (Å²) < 4.78 is 0. The zero-order chi connectivity index (χ0) is 12.5. The standard InChI is InChI=1S/C12H11N5O/c1-7-8-4-2-3-5-9(8)15-12(14-7)17-11-13-6-10(18)16-11/h2-6,18H,1H3,(H2,13,14,15,16,17). The van der Waals surface area contributed by atoms with Gasteiger partial charge in [0.2, 0.25) is 17.8 Å². The van der Waals surface area contributed by atoms with E-state index in [1.165, 1.54) is 6.20 Å². The van der Waals surface area contributed by atoms with Gasteiger partial charge in [-0.2, -0.15) is 0 Å². The van der Waals surface area contributed by atoms with Crippen LogP contribution >= 0.6 is 0 Å². The van der Waals surface area contributed by atoms with E-state index in [0.717, 1.165) is 16.6 Å². The van der Waals surface area contributed by atoms with Gasteiger partial charge in [0.05, 0.1) is 17.4 Å². The molecule has 3 rings (SSSR count). The average molecular weight is 241 g/mol. The van der Waals surface area contributed by atoms with Crippen molar-refractivity contribution in [3.8, 4) is 5.88 Å². The van der Waals surface area contributed by atoms with Gasteiger partial charge in [-0.25, -0.2) is 15.0 Å². The minimum Gasteiger partial charge on any atom is -0.493 e. The molecule has 1 aromatic carbocycles. The van der Waals surface area contributed by atoms with E-state index in [1.807, 2.05) is 31.2 Å². The Bertz CT molecular complexity index is 707. The summed E-state index contributed by atoms with van der Waals surface area (Å²) in [7, 11) is 0. The van der Waals surface area contributed by atoms with Crippen LogP contribution in [0.1, 0.15) is 5.69 Å². The van der Waals surface area contributed by atoms with E-state index in [9.17, 15) is 0 Å². The van der Waals surface area contributed by atoms with Crippen molar-refractivity contribution in [1.29, 1.82) is 0 Å². The van der Waals surface area contributed by atoms with Crippen LogP contribution < -0.4 is 5.32 Å². The molecular formula is C12H11N5O. The predicted octanol–water partition coefficient (Wildman–Crippen LogP) is 2.11. The van der Waals surface area contributed by atoms with Gasteiger partial charge in [0.15, 0.2) is 0 Å². The first kappa shape index (κ1) is 10.5. The Balaban J connectivity index is 2.02. The third-order valence-electron chi connectivity index (χ3n) is 2.59. The normalized spacial score (nSPS) is 10.7. The molecule has 0 aliphatic heterocycles. The summed E-state index contributed by atoms with van der Waals surface area (Å²) in [5.74, 6) is 0.845. The number of aromatic amines is 1. The molecule has 6 nitrogen and oxygen atoms in total. The molecule has 6 heteroatoms. The van der Waals surface area contributed by atoms with Crippen LogP contribution in [0.3, 0.4) is 0 Å². The van der Waals surface area contributed by atoms with Crippen LogP contribution in [-0.2, 0) is 0 Å². The molecule has 3 aromatic rings. The van der Waals surface area contributed by atoms with E-state index < -0.39 is 0 Å². The lowest BCUT2D eigenvalue weighted by Crippen LogP contribution is -2.00. The first-order chi connectivity index (χ1) is 8.72. The highest BCUT2D eigenvalue weighted by molar-refractivity contribution is 5.81. The fourth-order valence-corrected chi connectivity index (χ4v) is 1.77. The maximum absolute atomic E-state index is 9.16. The zero-order valence-corrected chi connectivity index (χ0v) is 9.68. The second-order valence-electron chi connectivity index (χ2n) is 3.89. The van der Waals surface area contributed by atoms with E-state index in [1.54, 1.807) is 0 Å². The first-order valence-corrected chi connectivity index (χ1v) is 5.47. The number of H-pyrrole nitrogens is 1. The van der Waals surface area contributed by atoms with E-state index in [-0.39, 0.29) is 5.88 Å².